The summed E-state index contributed by atoms with van der Waals surface area (Å²) in [5.41, 5.74) is 4.95. The summed E-state index contributed by atoms with van der Waals surface area (Å²) < 4.78 is 0. The standard InChI is InChI=1S/C24H45N3O5/c1-2-3-4-5-6-7-8-9-10-11-12-13-14-15-16-17-22(29)26-19-23(30)27-20(24(31)32)18-21(25)28/h20H,2-19H2,1H3,(H2,25,28)(H,26,29)(H,27,30)(H,31,32)/t20-/m0/s1. The summed E-state index contributed by atoms with van der Waals surface area (Å²) in [4.78, 5) is 45.3. The van der Waals surface area contributed by atoms with Gasteiger partial charge in [0, 0.05) is 6.42 Å². The zero-order valence-electron chi connectivity index (χ0n) is 20.0. The Morgan fingerprint density at radius 3 is 1.56 bits per heavy atom. The SMILES string of the molecule is CCCCCCCCCCCCCCCCCC(=O)NCC(=O)N[C@@H](CC(N)=O)C(=O)O. The third kappa shape index (κ3) is 19.8. The molecule has 0 bridgehead atoms. The van der Waals surface area contributed by atoms with Crippen molar-refractivity contribution in [3.05, 3.63) is 0 Å². The highest BCUT2D eigenvalue weighted by Gasteiger charge is 2.22. The van der Waals surface area contributed by atoms with E-state index in [1.807, 2.05) is 0 Å². The number of carbonyl (C=O) groups is 4. The lowest BCUT2D eigenvalue weighted by molar-refractivity contribution is -0.143. The van der Waals surface area contributed by atoms with Crippen LogP contribution in [0.3, 0.4) is 0 Å². The molecule has 5 N–H and O–H groups in total. The minimum atomic E-state index is -1.38. The number of amides is 3. The molecule has 0 aliphatic heterocycles. The molecule has 0 heterocycles. The van der Waals surface area contributed by atoms with Gasteiger partial charge in [-0.3, -0.25) is 14.4 Å². The zero-order valence-corrected chi connectivity index (χ0v) is 20.0. The fourth-order valence-corrected chi connectivity index (χ4v) is 3.57. The molecule has 0 saturated carbocycles. The first-order valence-corrected chi connectivity index (χ1v) is 12.4. The zero-order chi connectivity index (χ0) is 24.0. The molecule has 8 heteroatoms. The van der Waals surface area contributed by atoms with Crippen molar-refractivity contribution in [3.8, 4) is 0 Å². The van der Waals surface area contributed by atoms with Gasteiger partial charge in [0.25, 0.3) is 0 Å². The van der Waals surface area contributed by atoms with Crippen LogP contribution in [0, 0.1) is 0 Å². The first-order chi connectivity index (χ1) is 15.4. The van der Waals surface area contributed by atoms with Crippen molar-refractivity contribution in [3.63, 3.8) is 0 Å². The number of hydrogen-bond donors (Lipinski definition) is 4. The Bertz CT molecular complexity index is 540. The molecule has 0 aromatic carbocycles. The van der Waals surface area contributed by atoms with Gasteiger partial charge in [-0.1, -0.05) is 96.8 Å². The van der Waals surface area contributed by atoms with Crippen LogP contribution < -0.4 is 16.4 Å². The average molecular weight is 456 g/mol. The van der Waals surface area contributed by atoms with Crippen LogP contribution in [-0.2, 0) is 19.2 Å². The van der Waals surface area contributed by atoms with Crippen molar-refractivity contribution < 1.29 is 24.3 Å². The highest BCUT2D eigenvalue weighted by molar-refractivity contribution is 5.90. The molecule has 32 heavy (non-hydrogen) atoms. The largest absolute Gasteiger partial charge is 0.480 e. The Hall–Kier alpha value is -2.12. The van der Waals surface area contributed by atoms with Crippen LogP contribution in [0.15, 0.2) is 0 Å². The van der Waals surface area contributed by atoms with Crippen LogP contribution >= 0.6 is 0 Å². The van der Waals surface area contributed by atoms with Gasteiger partial charge in [-0.05, 0) is 6.42 Å². The molecule has 0 aliphatic carbocycles. The number of aliphatic carboxylic acids is 1. The summed E-state index contributed by atoms with van der Waals surface area (Å²) in [6.07, 6.45) is 18.7. The van der Waals surface area contributed by atoms with E-state index in [2.05, 4.69) is 17.6 Å². The molecule has 0 aromatic rings. The molecule has 1 atom stereocenters. The van der Waals surface area contributed by atoms with Gasteiger partial charge in [-0.15, -0.1) is 0 Å². The third-order valence-corrected chi connectivity index (χ3v) is 5.49. The van der Waals surface area contributed by atoms with Gasteiger partial charge < -0.3 is 21.5 Å². The average Bonchev–Trinajstić information content (AvgIpc) is 2.74. The summed E-state index contributed by atoms with van der Waals surface area (Å²) in [5.74, 6) is -3.07. The van der Waals surface area contributed by atoms with E-state index in [9.17, 15) is 19.2 Å². The third-order valence-electron chi connectivity index (χ3n) is 5.49. The van der Waals surface area contributed by atoms with Crippen LogP contribution in [0.25, 0.3) is 0 Å². The molecule has 0 saturated heterocycles. The lowest BCUT2D eigenvalue weighted by Crippen LogP contribution is -2.47. The fraction of sp³-hybridized carbons (Fsp3) is 0.833. The fourth-order valence-electron chi connectivity index (χ4n) is 3.57. The summed E-state index contributed by atoms with van der Waals surface area (Å²) in [5, 5.41) is 13.6. The molecule has 3 amide bonds. The molecule has 0 aliphatic rings. The number of unbranched alkanes of at least 4 members (excludes halogenated alkanes) is 14. The maximum Gasteiger partial charge on any atom is 0.326 e. The van der Waals surface area contributed by atoms with E-state index in [0.29, 0.717) is 6.42 Å². The topological polar surface area (TPSA) is 139 Å². The molecule has 0 aromatic heterocycles. The molecule has 0 fully saturated rings. The van der Waals surface area contributed by atoms with Gasteiger partial charge in [0.15, 0.2) is 0 Å². The molecular formula is C24H45N3O5. The van der Waals surface area contributed by atoms with Gasteiger partial charge in [0.05, 0.1) is 13.0 Å². The van der Waals surface area contributed by atoms with E-state index in [1.54, 1.807) is 0 Å². The number of primary amides is 1. The van der Waals surface area contributed by atoms with Crippen molar-refractivity contribution >= 4 is 23.7 Å². The monoisotopic (exact) mass is 455 g/mol. The highest BCUT2D eigenvalue weighted by atomic mass is 16.4. The van der Waals surface area contributed by atoms with Gasteiger partial charge in [0.1, 0.15) is 6.04 Å². The minimum absolute atomic E-state index is 0.239. The molecule has 0 unspecified atom stereocenters. The van der Waals surface area contributed by atoms with Gasteiger partial charge in [-0.2, -0.15) is 0 Å². The van der Waals surface area contributed by atoms with Gasteiger partial charge in [0.2, 0.25) is 17.7 Å². The van der Waals surface area contributed by atoms with Gasteiger partial charge >= 0.3 is 5.97 Å². The number of carboxylic acids is 1. The maximum atomic E-state index is 11.8. The lowest BCUT2D eigenvalue weighted by Gasteiger charge is -2.13. The Labute approximate surface area is 193 Å². The second-order valence-corrected chi connectivity index (χ2v) is 8.61. The molecule has 0 radical (unpaired) electrons. The van der Waals surface area contributed by atoms with Crippen molar-refractivity contribution in [2.45, 2.75) is 122 Å². The van der Waals surface area contributed by atoms with Crippen molar-refractivity contribution in [2.24, 2.45) is 5.73 Å². The summed E-state index contributed by atoms with van der Waals surface area (Å²) in [6.45, 7) is 1.93. The number of hydrogen-bond acceptors (Lipinski definition) is 4. The quantitative estimate of drug-likeness (QED) is 0.184. The molecule has 8 nitrogen and oxygen atoms in total. The van der Waals surface area contributed by atoms with E-state index in [-0.39, 0.29) is 12.5 Å². The molecule has 186 valence electrons. The van der Waals surface area contributed by atoms with Crippen LogP contribution in [-0.4, -0.2) is 41.4 Å². The number of nitrogens with one attached hydrogen (secondary N) is 2. The summed E-state index contributed by atoms with van der Waals surface area (Å²) >= 11 is 0. The van der Waals surface area contributed by atoms with Gasteiger partial charge in [-0.25, -0.2) is 4.79 Å². The smallest absolute Gasteiger partial charge is 0.326 e. The predicted octanol–water partition coefficient (Wildman–Crippen LogP) is 3.81. The number of nitrogens with two attached hydrogens (primary N) is 1. The Morgan fingerprint density at radius 1 is 0.719 bits per heavy atom. The summed E-state index contributed by atoms with van der Waals surface area (Å²) in [7, 11) is 0. The Morgan fingerprint density at radius 2 is 1.16 bits per heavy atom. The van der Waals surface area contributed by atoms with Crippen molar-refractivity contribution in [2.75, 3.05) is 6.54 Å². The molecule has 0 rings (SSSR count). The first kappa shape index (κ1) is 29.9. The van der Waals surface area contributed by atoms with Crippen LogP contribution in [0.2, 0.25) is 0 Å². The normalized spacial score (nSPS) is 11.7. The van der Waals surface area contributed by atoms with Crippen LogP contribution in [0.1, 0.15) is 116 Å². The second-order valence-electron chi connectivity index (χ2n) is 8.61. The van der Waals surface area contributed by atoms with E-state index in [1.165, 1.54) is 77.0 Å². The molecular weight excluding hydrogens is 410 g/mol. The number of carboxylic acid groups (broad SMARTS) is 1. The van der Waals surface area contributed by atoms with E-state index >= 15 is 0 Å². The van der Waals surface area contributed by atoms with Crippen LogP contribution in [0.4, 0.5) is 0 Å². The second kappa shape index (κ2) is 20.8. The lowest BCUT2D eigenvalue weighted by atomic mass is 10.0. The maximum absolute atomic E-state index is 11.8. The van der Waals surface area contributed by atoms with E-state index in [4.69, 9.17) is 10.8 Å². The van der Waals surface area contributed by atoms with E-state index < -0.39 is 30.2 Å². The van der Waals surface area contributed by atoms with Crippen LogP contribution in [0.5, 0.6) is 0 Å². The number of rotatable bonds is 22. The van der Waals surface area contributed by atoms with E-state index in [0.717, 1.165) is 19.3 Å². The predicted molar refractivity (Wildman–Crippen MR) is 126 cm³/mol. The Kier molecular flexibility index (Phi) is 19.4. The Balaban J connectivity index is 3.52. The molecule has 0 spiro atoms. The van der Waals surface area contributed by atoms with Crippen molar-refractivity contribution in [1.82, 2.24) is 10.6 Å². The minimum Gasteiger partial charge on any atom is -0.480 e. The summed E-state index contributed by atoms with van der Waals surface area (Å²) in [6, 6.07) is -1.38. The van der Waals surface area contributed by atoms with Crippen molar-refractivity contribution in [1.29, 1.82) is 0 Å². The first-order valence-electron chi connectivity index (χ1n) is 12.4. The number of carbonyl (C=O) groups excluding carboxylic acids is 3. The highest BCUT2D eigenvalue weighted by Crippen LogP contribution is 2.13.